The first kappa shape index (κ1) is 19.3. The fraction of sp³-hybridized carbons (Fsp3) is 0.222. The van der Waals surface area contributed by atoms with E-state index in [1.165, 1.54) is 21.3 Å². The molecule has 0 radical (unpaired) electrons. The maximum absolute atomic E-state index is 12.7. The smallest absolute Gasteiger partial charge is 0.253 e. The Kier molecular flexibility index (Phi) is 5.76. The van der Waals surface area contributed by atoms with Crippen molar-refractivity contribution in [3.63, 3.8) is 0 Å². The molecule has 0 aliphatic heterocycles. The molecule has 0 fully saturated rings. The maximum atomic E-state index is 12.7. The van der Waals surface area contributed by atoms with Gasteiger partial charge in [0.1, 0.15) is 5.65 Å². The van der Waals surface area contributed by atoms with Gasteiger partial charge in [-0.05, 0) is 34.1 Å². The zero-order valence-corrected chi connectivity index (χ0v) is 17.2. The second kappa shape index (κ2) is 8.06. The summed E-state index contributed by atoms with van der Waals surface area (Å²) >= 11 is 9.38. The number of carbonyl (C=O) groups is 1. The van der Waals surface area contributed by atoms with Crippen LogP contribution < -0.4 is 19.5 Å². The number of rotatable bonds is 6. The molecule has 7 nitrogen and oxygen atoms in total. The number of methoxy groups -OCH3 is 3. The summed E-state index contributed by atoms with van der Waals surface area (Å²) in [5.41, 5.74) is 1.81. The minimum Gasteiger partial charge on any atom is -0.493 e. The molecule has 2 heterocycles. The monoisotopic (exact) mass is 453 g/mol. The molecule has 2 aromatic heterocycles. The fourth-order valence-electron chi connectivity index (χ4n) is 2.65. The van der Waals surface area contributed by atoms with Gasteiger partial charge in [-0.25, -0.2) is 4.98 Å². The number of carbonyl (C=O) groups excluding carboxylic acids is 1. The lowest BCUT2D eigenvalue weighted by atomic mass is 10.1. The van der Waals surface area contributed by atoms with Crippen molar-refractivity contribution in [1.29, 1.82) is 0 Å². The van der Waals surface area contributed by atoms with Gasteiger partial charge in [-0.1, -0.05) is 11.6 Å². The molecule has 1 aromatic carbocycles. The van der Waals surface area contributed by atoms with Crippen LogP contribution in [-0.4, -0.2) is 36.6 Å². The average molecular weight is 455 g/mol. The standard InChI is InChI=1S/C18H17BrClN3O4/c1-25-13-6-12(15(19)17(27-3)16(13)26-2)18(24)21-7-11-9-23-8-10(20)4-5-14(23)22-11/h4-6,8-9H,7H2,1-3H3,(H,21,24). The molecule has 0 saturated heterocycles. The summed E-state index contributed by atoms with van der Waals surface area (Å²) in [5.74, 6) is 0.867. The fourth-order valence-corrected chi connectivity index (χ4v) is 3.46. The van der Waals surface area contributed by atoms with Crippen LogP contribution in [0.5, 0.6) is 17.2 Å². The van der Waals surface area contributed by atoms with Crippen LogP contribution in [0.3, 0.4) is 0 Å². The van der Waals surface area contributed by atoms with Crippen molar-refractivity contribution in [2.24, 2.45) is 0 Å². The molecule has 0 unspecified atom stereocenters. The van der Waals surface area contributed by atoms with E-state index in [1.54, 1.807) is 22.7 Å². The van der Waals surface area contributed by atoms with E-state index in [0.717, 1.165) is 5.65 Å². The number of fused-ring (bicyclic) bond motifs is 1. The van der Waals surface area contributed by atoms with Gasteiger partial charge in [0.15, 0.2) is 11.5 Å². The molecule has 9 heteroatoms. The lowest BCUT2D eigenvalue weighted by Crippen LogP contribution is -2.23. The highest BCUT2D eigenvalue weighted by molar-refractivity contribution is 9.10. The van der Waals surface area contributed by atoms with E-state index in [4.69, 9.17) is 25.8 Å². The van der Waals surface area contributed by atoms with Gasteiger partial charge in [-0.2, -0.15) is 0 Å². The number of hydrogen-bond acceptors (Lipinski definition) is 5. The molecule has 3 aromatic rings. The summed E-state index contributed by atoms with van der Waals surface area (Å²) in [5, 5.41) is 3.45. The average Bonchev–Trinajstić information content (AvgIpc) is 3.07. The zero-order valence-electron chi connectivity index (χ0n) is 14.9. The van der Waals surface area contributed by atoms with Crippen molar-refractivity contribution in [3.05, 3.63) is 51.3 Å². The Labute approximate surface area is 169 Å². The van der Waals surface area contributed by atoms with Crippen molar-refractivity contribution >= 4 is 39.1 Å². The van der Waals surface area contributed by atoms with E-state index in [2.05, 4.69) is 26.2 Å². The number of nitrogens with one attached hydrogen (secondary N) is 1. The van der Waals surface area contributed by atoms with Gasteiger partial charge in [-0.15, -0.1) is 0 Å². The molecular formula is C18H17BrClN3O4. The first-order valence-electron chi connectivity index (χ1n) is 7.88. The summed E-state index contributed by atoms with van der Waals surface area (Å²) in [4.78, 5) is 17.1. The van der Waals surface area contributed by atoms with Crippen molar-refractivity contribution in [1.82, 2.24) is 14.7 Å². The van der Waals surface area contributed by atoms with Gasteiger partial charge >= 0.3 is 0 Å². The first-order chi connectivity index (χ1) is 13.0. The van der Waals surface area contributed by atoms with Crippen LogP contribution >= 0.6 is 27.5 Å². The van der Waals surface area contributed by atoms with E-state index in [0.29, 0.717) is 38.0 Å². The largest absolute Gasteiger partial charge is 0.493 e. The van der Waals surface area contributed by atoms with Crippen LogP contribution in [0.4, 0.5) is 0 Å². The highest BCUT2D eigenvalue weighted by atomic mass is 79.9. The van der Waals surface area contributed by atoms with Crippen LogP contribution in [-0.2, 0) is 6.54 Å². The van der Waals surface area contributed by atoms with Crippen LogP contribution in [0.25, 0.3) is 5.65 Å². The molecular weight excluding hydrogens is 438 g/mol. The Balaban J connectivity index is 1.84. The normalized spacial score (nSPS) is 10.7. The molecule has 3 rings (SSSR count). The number of aromatic nitrogens is 2. The Bertz CT molecular complexity index is 1010. The number of halogens is 2. The Hall–Kier alpha value is -2.45. The lowest BCUT2D eigenvalue weighted by Gasteiger charge is -2.16. The zero-order chi connectivity index (χ0) is 19.6. The quantitative estimate of drug-likeness (QED) is 0.615. The summed E-state index contributed by atoms with van der Waals surface area (Å²) in [6.07, 6.45) is 3.57. The minimum absolute atomic E-state index is 0.251. The van der Waals surface area contributed by atoms with Crippen molar-refractivity contribution in [3.8, 4) is 17.2 Å². The number of benzene rings is 1. The number of hydrogen-bond donors (Lipinski definition) is 1. The van der Waals surface area contributed by atoms with E-state index < -0.39 is 0 Å². The molecule has 1 N–H and O–H groups in total. The van der Waals surface area contributed by atoms with Gasteiger partial charge in [0.05, 0.1) is 48.6 Å². The Morgan fingerprint density at radius 1 is 1.19 bits per heavy atom. The summed E-state index contributed by atoms with van der Waals surface area (Å²) in [7, 11) is 4.49. The van der Waals surface area contributed by atoms with E-state index in [1.807, 2.05) is 12.3 Å². The molecule has 142 valence electrons. The summed E-state index contributed by atoms with van der Waals surface area (Å²) < 4.78 is 18.2. The number of ether oxygens (including phenoxy) is 3. The highest BCUT2D eigenvalue weighted by Gasteiger charge is 2.22. The predicted octanol–water partition coefficient (Wildman–Crippen LogP) is 3.71. The summed E-state index contributed by atoms with van der Waals surface area (Å²) in [6.45, 7) is 0.251. The molecule has 27 heavy (non-hydrogen) atoms. The lowest BCUT2D eigenvalue weighted by molar-refractivity contribution is 0.0948. The van der Waals surface area contributed by atoms with Crippen LogP contribution in [0, 0.1) is 0 Å². The second-order valence-corrected chi connectivity index (χ2v) is 6.76. The third-order valence-corrected chi connectivity index (χ3v) is 4.92. The Morgan fingerprint density at radius 3 is 2.59 bits per heavy atom. The van der Waals surface area contributed by atoms with Crippen molar-refractivity contribution < 1.29 is 19.0 Å². The molecule has 1 amide bonds. The van der Waals surface area contributed by atoms with E-state index in [9.17, 15) is 4.79 Å². The Morgan fingerprint density at radius 2 is 1.93 bits per heavy atom. The van der Waals surface area contributed by atoms with E-state index in [-0.39, 0.29) is 12.5 Å². The van der Waals surface area contributed by atoms with Crippen LogP contribution in [0.15, 0.2) is 35.1 Å². The molecule has 0 aliphatic carbocycles. The third-order valence-electron chi connectivity index (χ3n) is 3.91. The van der Waals surface area contributed by atoms with Gasteiger partial charge in [0, 0.05) is 12.4 Å². The minimum atomic E-state index is -0.309. The number of pyridine rings is 1. The SMILES string of the molecule is COc1cc(C(=O)NCc2cn3cc(Cl)ccc3n2)c(Br)c(OC)c1OC. The number of nitrogens with zero attached hydrogens (tertiary/aromatic N) is 2. The maximum Gasteiger partial charge on any atom is 0.253 e. The number of imidazole rings is 1. The molecule has 0 spiro atoms. The molecule has 0 saturated carbocycles. The van der Waals surface area contributed by atoms with Crippen LogP contribution in [0.2, 0.25) is 5.02 Å². The highest BCUT2D eigenvalue weighted by Crippen LogP contribution is 2.44. The first-order valence-corrected chi connectivity index (χ1v) is 9.05. The van der Waals surface area contributed by atoms with Gasteiger partial charge in [-0.3, -0.25) is 4.79 Å². The predicted molar refractivity (Wildman–Crippen MR) is 105 cm³/mol. The summed E-state index contributed by atoms with van der Waals surface area (Å²) in [6, 6.07) is 5.16. The molecule has 0 bridgehead atoms. The molecule has 0 atom stereocenters. The molecule has 0 aliphatic rings. The third kappa shape index (κ3) is 3.81. The van der Waals surface area contributed by atoms with Gasteiger partial charge < -0.3 is 23.9 Å². The van der Waals surface area contributed by atoms with Crippen LogP contribution in [0.1, 0.15) is 16.1 Å². The number of amides is 1. The van der Waals surface area contributed by atoms with Crippen molar-refractivity contribution in [2.75, 3.05) is 21.3 Å². The van der Waals surface area contributed by atoms with Gasteiger partial charge in [0.2, 0.25) is 5.75 Å². The second-order valence-electron chi connectivity index (χ2n) is 5.53. The van der Waals surface area contributed by atoms with E-state index >= 15 is 0 Å². The van der Waals surface area contributed by atoms with Gasteiger partial charge in [0.25, 0.3) is 5.91 Å². The van der Waals surface area contributed by atoms with Crippen molar-refractivity contribution in [2.45, 2.75) is 6.54 Å². The topological polar surface area (TPSA) is 74.1 Å².